The number of nitrogens with one attached hydrogen (secondary N) is 1. The summed E-state index contributed by atoms with van der Waals surface area (Å²) < 4.78 is 3.79. The molecule has 1 aliphatic carbocycles. The lowest BCUT2D eigenvalue weighted by molar-refractivity contribution is 0.614. The lowest BCUT2D eigenvalue weighted by Gasteiger charge is -2.14. The summed E-state index contributed by atoms with van der Waals surface area (Å²) in [7, 11) is 0. The molecular weight excluding hydrogens is 450 g/mol. The standard InChI is InChI=1S/C29H33N5S/c1-2-3-8-25-33-26-27(23-6-4-5-7-24(23)32-29(26)30)34(25)18-21-12-11-20(28-22(21)14-16-35-28)17-31-15-13-19-9-10-19/h4-7,11-12,14,16,19,31H,2-3,8-10,13,15,17-18H2,1H3,(H2,30,32). The second kappa shape index (κ2) is 9.59. The van der Waals surface area contributed by atoms with Crippen molar-refractivity contribution in [1.82, 2.24) is 19.9 Å². The first-order valence-electron chi connectivity index (χ1n) is 12.9. The van der Waals surface area contributed by atoms with Crippen LogP contribution in [-0.4, -0.2) is 21.1 Å². The molecule has 0 aliphatic heterocycles. The molecule has 1 fully saturated rings. The molecule has 0 radical (unpaired) electrons. The van der Waals surface area contributed by atoms with Gasteiger partial charge in [0.2, 0.25) is 0 Å². The van der Waals surface area contributed by atoms with Gasteiger partial charge in [0.15, 0.2) is 5.82 Å². The Balaban J connectivity index is 1.39. The highest BCUT2D eigenvalue weighted by Crippen LogP contribution is 2.34. The van der Waals surface area contributed by atoms with E-state index in [4.69, 9.17) is 10.7 Å². The lowest BCUT2D eigenvalue weighted by atomic mass is 10.1. The topological polar surface area (TPSA) is 68.8 Å². The summed E-state index contributed by atoms with van der Waals surface area (Å²) in [6, 6.07) is 15.2. The zero-order valence-corrected chi connectivity index (χ0v) is 21.2. The normalized spacial score (nSPS) is 14.0. The maximum absolute atomic E-state index is 6.41. The van der Waals surface area contributed by atoms with Gasteiger partial charge in [0.05, 0.1) is 17.6 Å². The Morgan fingerprint density at radius 3 is 2.77 bits per heavy atom. The number of para-hydroxylation sites is 1. The number of fused-ring (bicyclic) bond motifs is 4. The van der Waals surface area contributed by atoms with Crippen LogP contribution in [0.25, 0.3) is 32.0 Å². The molecule has 3 N–H and O–H groups in total. The average Bonchev–Trinajstić information content (AvgIpc) is 3.42. The largest absolute Gasteiger partial charge is 0.382 e. The number of nitrogen functional groups attached to an aromatic ring is 1. The van der Waals surface area contributed by atoms with E-state index in [1.54, 1.807) is 0 Å². The molecule has 5 aromatic rings. The quantitative estimate of drug-likeness (QED) is 0.218. The van der Waals surface area contributed by atoms with Crippen molar-refractivity contribution >= 4 is 49.2 Å². The number of rotatable bonds is 10. The number of aromatic nitrogens is 3. The van der Waals surface area contributed by atoms with Crippen molar-refractivity contribution in [1.29, 1.82) is 0 Å². The van der Waals surface area contributed by atoms with Crippen molar-refractivity contribution in [3.63, 3.8) is 0 Å². The van der Waals surface area contributed by atoms with E-state index in [9.17, 15) is 0 Å². The zero-order chi connectivity index (χ0) is 23.8. The maximum atomic E-state index is 6.41. The van der Waals surface area contributed by atoms with Gasteiger partial charge in [-0.3, -0.25) is 0 Å². The van der Waals surface area contributed by atoms with Crippen molar-refractivity contribution < 1.29 is 0 Å². The van der Waals surface area contributed by atoms with Crippen LogP contribution in [0, 0.1) is 5.92 Å². The summed E-state index contributed by atoms with van der Waals surface area (Å²) in [5.41, 5.74) is 12.0. The number of benzene rings is 2. The molecule has 2 aromatic carbocycles. The highest BCUT2D eigenvalue weighted by atomic mass is 32.1. The van der Waals surface area contributed by atoms with Crippen molar-refractivity contribution in [2.24, 2.45) is 5.92 Å². The summed E-state index contributed by atoms with van der Waals surface area (Å²) in [6.07, 6.45) is 7.33. The van der Waals surface area contributed by atoms with Crippen LogP contribution in [0.1, 0.15) is 56.0 Å². The Hall–Kier alpha value is -2.96. The molecule has 0 spiro atoms. The number of hydrogen-bond acceptors (Lipinski definition) is 5. The van der Waals surface area contributed by atoms with Crippen LogP contribution in [-0.2, 0) is 19.5 Å². The maximum Gasteiger partial charge on any atom is 0.152 e. The number of imidazole rings is 1. The molecule has 1 saturated carbocycles. The van der Waals surface area contributed by atoms with Crippen LogP contribution in [0.3, 0.4) is 0 Å². The summed E-state index contributed by atoms with van der Waals surface area (Å²) in [5, 5.41) is 8.37. The van der Waals surface area contributed by atoms with Gasteiger partial charge in [0, 0.05) is 23.1 Å². The Morgan fingerprint density at radius 2 is 1.91 bits per heavy atom. The van der Waals surface area contributed by atoms with Crippen LogP contribution in [0.15, 0.2) is 47.8 Å². The molecule has 35 heavy (non-hydrogen) atoms. The number of thiophene rings is 1. The van der Waals surface area contributed by atoms with Gasteiger partial charge in [0.25, 0.3) is 0 Å². The van der Waals surface area contributed by atoms with Crippen LogP contribution in [0.4, 0.5) is 5.82 Å². The molecule has 3 heterocycles. The zero-order valence-electron chi connectivity index (χ0n) is 20.4. The third-order valence-corrected chi connectivity index (χ3v) is 8.29. The fourth-order valence-corrected chi connectivity index (χ4v) is 6.12. The fraction of sp³-hybridized carbons (Fsp3) is 0.379. The van der Waals surface area contributed by atoms with E-state index in [2.05, 4.69) is 57.5 Å². The minimum atomic E-state index is 0.517. The Kier molecular flexibility index (Phi) is 6.17. The predicted molar refractivity (Wildman–Crippen MR) is 148 cm³/mol. The Bertz CT molecular complexity index is 1490. The summed E-state index contributed by atoms with van der Waals surface area (Å²) >= 11 is 1.85. The molecule has 0 saturated heterocycles. The van der Waals surface area contributed by atoms with Crippen molar-refractivity contribution in [3.05, 3.63) is 64.8 Å². The minimum absolute atomic E-state index is 0.517. The highest BCUT2D eigenvalue weighted by Gasteiger charge is 2.20. The number of nitrogens with zero attached hydrogens (tertiary/aromatic N) is 3. The first-order chi connectivity index (χ1) is 17.2. The predicted octanol–water partition coefficient (Wildman–Crippen LogP) is 6.66. The number of nitrogens with two attached hydrogens (primary N) is 1. The first-order valence-corrected chi connectivity index (χ1v) is 13.8. The van der Waals surface area contributed by atoms with Gasteiger partial charge >= 0.3 is 0 Å². The average molecular weight is 484 g/mol. The molecule has 0 bridgehead atoms. The number of anilines is 1. The van der Waals surface area contributed by atoms with Gasteiger partial charge in [-0.2, -0.15) is 0 Å². The molecule has 6 heteroatoms. The van der Waals surface area contributed by atoms with Gasteiger partial charge in [-0.1, -0.05) is 56.5 Å². The van der Waals surface area contributed by atoms with E-state index in [1.807, 2.05) is 23.5 Å². The SMILES string of the molecule is CCCCc1nc2c(N)nc3ccccc3c2n1Cc1ccc(CNCCC2CC2)c2sccc12. The summed E-state index contributed by atoms with van der Waals surface area (Å²) in [6.45, 7) is 5.06. The van der Waals surface area contributed by atoms with E-state index in [0.29, 0.717) is 5.82 Å². The van der Waals surface area contributed by atoms with Crippen molar-refractivity contribution in [2.45, 2.75) is 58.5 Å². The molecule has 3 aromatic heterocycles. The van der Waals surface area contributed by atoms with Gasteiger partial charge < -0.3 is 15.6 Å². The molecule has 0 unspecified atom stereocenters. The van der Waals surface area contributed by atoms with Crippen LogP contribution < -0.4 is 11.1 Å². The molecule has 5 nitrogen and oxygen atoms in total. The molecule has 6 rings (SSSR count). The van der Waals surface area contributed by atoms with Crippen LogP contribution >= 0.6 is 11.3 Å². The number of pyridine rings is 1. The van der Waals surface area contributed by atoms with E-state index in [1.165, 1.54) is 40.5 Å². The Morgan fingerprint density at radius 1 is 1.06 bits per heavy atom. The molecular formula is C29H33N5S. The molecule has 0 atom stereocenters. The Labute approximate surface area is 210 Å². The smallest absolute Gasteiger partial charge is 0.152 e. The van der Waals surface area contributed by atoms with E-state index in [-0.39, 0.29) is 0 Å². The second-order valence-electron chi connectivity index (χ2n) is 9.89. The van der Waals surface area contributed by atoms with Crippen LogP contribution in [0.2, 0.25) is 0 Å². The second-order valence-corrected chi connectivity index (χ2v) is 10.8. The monoisotopic (exact) mass is 483 g/mol. The van der Waals surface area contributed by atoms with Crippen LogP contribution in [0.5, 0.6) is 0 Å². The van der Waals surface area contributed by atoms with Crippen molar-refractivity contribution in [2.75, 3.05) is 12.3 Å². The molecule has 1 aliphatic rings. The number of hydrogen-bond donors (Lipinski definition) is 2. The third-order valence-electron chi connectivity index (χ3n) is 7.30. The number of aryl methyl sites for hydroxylation is 1. The molecule has 0 amide bonds. The third kappa shape index (κ3) is 4.41. The van der Waals surface area contributed by atoms with Gasteiger partial charge in [-0.25, -0.2) is 9.97 Å². The van der Waals surface area contributed by atoms with Gasteiger partial charge in [-0.05, 0) is 59.3 Å². The summed E-state index contributed by atoms with van der Waals surface area (Å²) in [4.78, 5) is 9.66. The van der Waals surface area contributed by atoms with E-state index >= 15 is 0 Å². The van der Waals surface area contributed by atoms with Gasteiger partial charge in [0.1, 0.15) is 11.3 Å². The van der Waals surface area contributed by atoms with E-state index in [0.717, 1.165) is 72.6 Å². The summed E-state index contributed by atoms with van der Waals surface area (Å²) in [5.74, 6) is 2.59. The van der Waals surface area contributed by atoms with Gasteiger partial charge in [-0.15, -0.1) is 11.3 Å². The van der Waals surface area contributed by atoms with Crippen molar-refractivity contribution in [3.8, 4) is 0 Å². The minimum Gasteiger partial charge on any atom is -0.382 e. The number of unbranched alkanes of at least 4 members (excludes halogenated alkanes) is 1. The van der Waals surface area contributed by atoms with E-state index < -0.39 is 0 Å². The first kappa shape index (κ1) is 22.5. The lowest BCUT2D eigenvalue weighted by Crippen LogP contribution is -2.15. The molecule has 180 valence electrons. The highest BCUT2D eigenvalue weighted by molar-refractivity contribution is 7.17. The fourth-order valence-electron chi connectivity index (χ4n) is 5.16.